The number of benzene rings is 1. The van der Waals surface area contributed by atoms with Gasteiger partial charge in [0, 0.05) is 29.4 Å². The monoisotopic (exact) mass is 305 g/mol. The van der Waals surface area contributed by atoms with Crippen LogP contribution in [0.15, 0.2) is 23.1 Å². The minimum atomic E-state index is -3.89. The van der Waals surface area contributed by atoms with Gasteiger partial charge in [0.1, 0.15) is 0 Å². The van der Waals surface area contributed by atoms with E-state index in [4.69, 9.17) is 15.4 Å². The van der Waals surface area contributed by atoms with Gasteiger partial charge in [-0.05, 0) is 37.6 Å². The number of amides is 1. The number of carbonyl (C=O) groups is 1. The van der Waals surface area contributed by atoms with Gasteiger partial charge in [0.15, 0.2) is 0 Å². The molecule has 0 unspecified atom stereocenters. The van der Waals surface area contributed by atoms with Crippen molar-refractivity contribution in [3.63, 3.8) is 0 Å². The molecule has 0 radical (unpaired) electrons. The smallest absolute Gasteiger partial charge is 0.261 e. The fourth-order valence-electron chi connectivity index (χ4n) is 1.53. The zero-order chi connectivity index (χ0) is 14.6. The van der Waals surface area contributed by atoms with Crippen molar-refractivity contribution >= 4 is 25.6 Å². The number of halogens is 1. The molecule has 5 nitrogen and oxygen atoms in total. The van der Waals surface area contributed by atoms with Crippen LogP contribution in [0.5, 0.6) is 0 Å². The van der Waals surface area contributed by atoms with Crippen LogP contribution in [0, 0.1) is 0 Å². The lowest BCUT2D eigenvalue weighted by Gasteiger charge is -2.10. The molecule has 0 aliphatic carbocycles. The molecule has 0 heterocycles. The highest BCUT2D eigenvalue weighted by Crippen LogP contribution is 2.19. The molecular weight excluding hydrogens is 290 g/mol. The lowest BCUT2D eigenvalue weighted by atomic mass is 10.1. The molecule has 0 spiro atoms. The van der Waals surface area contributed by atoms with E-state index in [2.05, 4.69) is 5.32 Å². The first-order chi connectivity index (χ1) is 8.74. The van der Waals surface area contributed by atoms with Gasteiger partial charge in [-0.1, -0.05) is 0 Å². The molecule has 0 saturated heterocycles. The van der Waals surface area contributed by atoms with Crippen molar-refractivity contribution in [1.29, 1.82) is 0 Å². The Kier molecular flexibility index (Phi) is 5.34. The molecule has 0 aliphatic heterocycles. The maximum Gasteiger partial charge on any atom is 0.261 e. The van der Waals surface area contributed by atoms with Crippen LogP contribution in [0.1, 0.15) is 29.8 Å². The highest BCUT2D eigenvalue weighted by atomic mass is 35.7. The van der Waals surface area contributed by atoms with Gasteiger partial charge in [0.25, 0.3) is 15.0 Å². The summed E-state index contributed by atoms with van der Waals surface area (Å²) in [4.78, 5) is 11.8. The Morgan fingerprint density at radius 1 is 1.37 bits per heavy atom. The number of rotatable bonds is 5. The molecule has 0 bridgehead atoms. The van der Waals surface area contributed by atoms with Gasteiger partial charge in [-0.2, -0.15) is 0 Å². The third kappa shape index (κ3) is 4.81. The third-order valence-corrected chi connectivity index (χ3v) is 3.57. The Labute approximate surface area is 117 Å². The van der Waals surface area contributed by atoms with Gasteiger partial charge in [-0.15, -0.1) is 0 Å². The van der Waals surface area contributed by atoms with E-state index < -0.39 is 9.05 Å². The number of ether oxygens (including phenoxy) is 1. The SMILES string of the molecule is COCc1cc(C(=O)NC(C)C)cc(S(=O)(=O)Cl)c1. The fraction of sp³-hybridized carbons (Fsp3) is 0.417. The van der Waals surface area contributed by atoms with Crippen molar-refractivity contribution in [2.75, 3.05) is 7.11 Å². The summed E-state index contributed by atoms with van der Waals surface area (Å²) in [5.41, 5.74) is 0.806. The molecule has 1 aromatic rings. The van der Waals surface area contributed by atoms with Gasteiger partial charge in [-0.25, -0.2) is 8.42 Å². The summed E-state index contributed by atoms with van der Waals surface area (Å²) in [6.45, 7) is 3.83. The second-order valence-corrected chi connectivity index (χ2v) is 6.93. The van der Waals surface area contributed by atoms with Crippen molar-refractivity contribution in [2.24, 2.45) is 0 Å². The maximum atomic E-state index is 11.9. The van der Waals surface area contributed by atoms with E-state index in [0.29, 0.717) is 5.56 Å². The first-order valence-electron chi connectivity index (χ1n) is 5.62. The first-order valence-corrected chi connectivity index (χ1v) is 7.93. The molecule has 0 fully saturated rings. The Balaban J connectivity index is 3.24. The standard InChI is InChI=1S/C12H16ClNO4S/c1-8(2)14-12(15)10-4-9(7-18-3)5-11(6-10)19(13,16)17/h4-6,8H,7H2,1-3H3,(H,14,15). The normalized spacial score (nSPS) is 11.6. The van der Waals surface area contributed by atoms with Crippen molar-refractivity contribution in [3.05, 3.63) is 29.3 Å². The molecule has 19 heavy (non-hydrogen) atoms. The second kappa shape index (κ2) is 6.36. The van der Waals surface area contributed by atoms with Gasteiger partial charge >= 0.3 is 0 Å². The lowest BCUT2D eigenvalue weighted by molar-refractivity contribution is 0.0942. The van der Waals surface area contributed by atoms with Crippen LogP contribution in [0.4, 0.5) is 0 Å². The summed E-state index contributed by atoms with van der Waals surface area (Å²) < 4.78 is 27.7. The fourth-order valence-corrected chi connectivity index (χ4v) is 2.36. The van der Waals surface area contributed by atoms with Crippen LogP contribution in [-0.4, -0.2) is 27.5 Å². The van der Waals surface area contributed by atoms with E-state index in [1.165, 1.54) is 19.2 Å². The van der Waals surface area contributed by atoms with E-state index in [0.717, 1.165) is 0 Å². The molecule has 0 saturated carbocycles. The number of methoxy groups -OCH3 is 1. The van der Waals surface area contributed by atoms with Crippen LogP contribution in [-0.2, 0) is 20.4 Å². The van der Waals surface area contributed by atoms with Crippen molar-refractivity contribution in [1.82, 2.24) is 5.32 Å². The van der Waals surface area contributed by atoms with Crippen LogP contribution in [0.3, 0.4) is 0 Å². The molecule has 1 aromatic carbocycles. The molecular formula is C12H16ClNO4S. The Morgan fingerprint density at radius 2 is 2.00 bits per heavy atom. The number of hydrogen-bond acceptors (Lipinski definition) is 4. The Hall–Kier alpha value is -1.11. The van der Waals surface area contributed by atoms with E-state index in [9.17, 15) is 13.2 Å². The quantitative estimate of drug-likeness (QED) is 0.843. The third-order valence-electron chi connectivity index (χ3n) is 2.24. The molecule has 0 aromatic heterocycles. The van der Waals surface area contributed by atoms with Crippen LogP contribution in [0.2, 0.25) is 0 Å². The molecule has 1 N–H and O–H groups in total. The van der Waals surface area contributed by atoms with E-state index in [1.807, 2.05) is 13.8 Å². The Morgan fingerprint density at radius 3 is 2.47 bits per heavy atom. The summed E-state index contributed by atoms with van der Waals surface area (Å²) in [7, 11) is 2.90. The van der Waals surface area contributed by atoms with Gasteiger partial charge in [0.05, 0.1) is 11.5 Å². The predicted molar refractivity (Wildman–Crippen MR) is 72.8 cm³/mol. The van der Waals surface area contributed by atoms with Gasteiger partial charge in [-0.3, -0.25) is 4.79 Å². The molecule has 0 atom stereocenters. The minimum Gasteiger partial charge on any atom is -0.380 e. The molecule has 106 valence electrons. The average Bonchev–Trinajstić information content (AvgIpc) is 2.27. The summed E-state index contributed by atoms with van der Waals surface area (Å²) in [5.74, 6) is -0.352. The number of carbonyl (C=O) groups excluding carboxylic acids is 1. The molecule has 0 aliphatic rings. The maximum absolute atomic E-state index is 11.9. The van der Waals surface area contributed by atoms with Crippen molar-refractivity contribution < 1.29 is 17.9 Å². The van der Waals surface area contributed by atoms with Crippen LogP contribution >= 0.6 is 10.7 Å². The lowest BCUT2D eigenvalue weighted by Crippen LogP contribution is -2.30. The summed E-state index contributed by atoms with van der Waals surface area (Å²) in [5, 5.41) is 2.69. The largest absolute Gasteiger partial charge is 0.380 e. The minimum absolute atomic E-state index is 0.0466. The summed E-state index contributed by atoms with van der Waals surface area (Å²) in [6, 6.07) is 4.17. The van der Waals surface area contributed by atoms with Gasteiger partial charge < -0.3 is 10.1 Å². The van der Waals surface area contributed by atoms with Crippen molar-refractivity contribution in [3.8, 4) is 0 Å². The number of nitrogens with one attached hydrogen (secondary N) is 1. The van der Waals surface area contributed by atoms with Crippen molar-refractivity contribution in [2.45, 2.75) is 31.4 Å². The number of hydrogen-bond donors (Lipinski definition) is 1. The highest BCUT2D eigenvalue weighted by Gasteiger charge is 2.16. The first kappa shape index (κ1) is 15.9. The summed E-state index contributed by atoms with van der Waals surface area (Å²) in [6.07, 6.45) is 0. The second-order valence-electron chi connectivity index (χ2n) is 4.36. The van der Waals surface area contributed by atoms with Gasteiger partial charge in [0.2, 0.25) is 0 Å². The van der Waals surface area contributed by atoms with Crippen LogP contribution in [0.25, 0.3) is 0 Å². The summed E-state index contributed by atoms with van der Waals surface area (Å²) >= 11 is 0. The molecule has 1 amide bonds. The predicted octanol–water partition coefficient (Wildman–Crippen LogP) is 1.90. The molecule has 7 heteroatoms. The van der Waals surface area contributed by atoms with E-state index in [1.54, 1.807) is 6.07 Å². The van der Waals surface area contributed by atoms with E-state index in [-0.39, 0.29) is 29.0 Å². The zero-order valence-electron chi connectivity index (χ0n) is 10.9. The Bertz CT molecular complexity index is 569. The topological polar surface area (TPSA) is 72.5 Å². The van der Waals surface area contributed by atoms with E-state index >= 15 is 0 Å². The zero-order valence-corrected chi connectivity index (χ0v) is 12.5. The molecule has 1 rings (SSSR count). The average molecular weight is 306 g/mol. The highest BCUT2D eigenvalue weighted by molar-refractivity contribution is 8.13. The van der Waals surface area contributed by atoms with Crippen LogP contribution < -0.4 is 5.32 Å².